The van der Waals surface area contributed by atoms with E-state index in [0.717, 1.165) is 11.4 Å². The summed E-state index contributed by atoms with van der Waals surface area (Å²) in [6.07, 6.45) is 0. The molecule has 2 aromatic rings. The van der Waals surface area contributed by atoms with Crippen molar-refractivity contribution < 1.29 is 9.15 Å². The minimum absolute atomic E-state index is 0.0461. The van der Waals surface area contributed by atoms with Crippen LogP contribution in [-0.2, 0) is 0 Å². The van der Waals surface area contributed by atoms with E-state index in [1.54, 1.807) is 12.0 Å². The van der Waals surface area contributed by atoms with E-state index in [4.69, 9.17) is 14.9 Å². The quantitative estimate of drug-likeness (QED) is 0.843. The van der Waals surface area contributed by atoms with Crippen molar-refractivity contribution in [3.05, 3.63) is 24.3 Å². The Labute approximate surface area is 92.6 Å². The van der Waals surface area contributed by atoms with Gasteiger partial charge in [0.05, 0.1) is 7.11 Å². The van der Waals surface area contributed by atoms with Crippen molar-refractivity contribution >= 4 is 17.7 Å². The van der Waals surface area contributed by atoms with E-state index in [1.807, 2.05) is 31.3 Å². The Morgan fingerprint density at radius 1 is 1.38 bits per heavy atom. The van der Waals surface area contributed by atoms with Gasteiger partial charge in [0.2, 0.25) is 0 Å². The minimum Gasteiger partial charge on any atom is -0.497 e. The molecule has 2 rings (SSSR count). The lowest BCUT2D eigenvalue weighted by atomic mass is 10.3. The van der Waals surface area contributed by atoms with Crippen molar-refractivity contribution in [1.29, 1.82) is 0 Å². The average molecular weight is 220 g/mol. The molecule has 0 radical (unpaired) electrons. The lowest BCUT2D eigenvalue weighted by molar-refractivity contribution is 0.415. The Morgan fingerprint density at radius 2 is 2.19 bits per heavy atom. The summed E-state index contributed by atoms with van der Waals surface area (Å²) in [5.41, 5.74) is 6.24. The molecule has 0 bridgehead atoms. The van der Waals surface area contributed by atoms with E-state index in [0.29, 0.717) is 6.01 Å². The van der Waals surface area contributed by atoms with Crippen molar-refractivity contribution in [2.24, 2.45) is 0 Å². The summed E-state index contributed by atoms with van der Waals surface area (Å²) in [5.74, 6) is 0.761. The molecule has 0 aliphatic rings. The van der Waals surface area contributed by atoms with Gasteiger partial charge in [-0.1, -0.05) is 16.3 Å². The molecule has 1 aromatic carbocycles. The molecule has 1 aromatic heterocycles. The number of hydrogen-bond acceptors (Lipinski definition) is 6. The van der Waals surface area contributed by atoms with Gasteiger partial charge in [0.1, 0.15) is 5.75 Å². The van der Waals surface area contributed by atoms with E-state index in [2.05, 4.69) is 10.2 Å². The topological polar surface area (TPSA) is 77.4 Å². The zero-order chi connectivity index (χ0) is 11.5. The number of benzene rings is 1. The highest BCUT2D eigenvalue weighted by Gasteiger charge is 2.11. The maximum absolute atomic E-state index is 5.36. The predicted octanol–water partition coefficient (Wildman–Crippen LogP) is 1.43. The summed E-state index contributed by atoms with van der Waals surface area (Å²) in [5, 5.41) is 7.38. The third-order valence-electron chi connectivity index (χ3n) is 2.16. The van der Waals surface area contributed by atoms with Gasteiger partial charge >= 0.3 is 12.0 Å². The highest BCUT2D eigenvalue weighted by molar-refractivity contribution is 5.57. The monoisotopic (exact) mass is 220 g/mol. The van der Waals surface area contributed by atoms with Gasteiger partial charge in [-0.25, -0.2) is 0 Å². The number of aromatic nitrogens is 2. The van der Waals surface area contributed by atoms with Crippen LogP contribution >= 0.6 is 0 Å². The first-order chi connectivity index (χ1) is 7.70. The summed E-state index contributed by atoms with van der Waals surface area (Å²) < 4.78 is 10.2. The predicted molar refractivity (Wildman–Crippen MR) is 59.8 cm³/mol. The van der Waals surface area contributed by atoms with E-state index < -0.39 is 0 Å². The van der Waals surface area contributed by atoms with Gasteiger partial charge in [-0.2, -0.15) is 0 Å². The second kappa shape index (κ2) is 4.09. The van der Waals surface area contributed by atoms with Crippen LogP contribution in [0.4, 0.5) is 17.7 Å². The third-order valence-corrected chi connectivity index (χ3v) is 2.16. The van der Waals surface area contributed by atoms with Crippen LogP contribution in [0.3, 0.4) is 0 Å². The van der Waals surface area contributed by atoms with Gasteiger partial charge < -0.3 is 14.9 Å². The highest BCUT2D eigenvalue weighted by Crippen LogP contribution is 2.25. The number of anilines is 3. The zero-order valence-corrected chi connectivity index (χ0v) is 9.04. The summed E-state index contributed by atoms with van der Waals surface area (Å²) in [6.45, 7) is 0. The lowest BCUT2D eigenvalue weighted by Gasteiger charge is -2.14. The smallest absolute Gasteiger partial charge is 0.323 e. The number of nitrogen functional groups attached to an aromatic ring is 1. The van der Waals surface area contributed by atoms with Crippen LogP contribution in [-0.4, -0.2) is 24.4 Å². The molecule has 1 heterocycles. The second-order valence-electron chi connectivity index (χ2n) is 3.18. The molecule has 0 saturated heterocycles. The Hall–Kier alpha value is -2.24. The van der Waals surface area contributed by atoms with Crippen molar-refractivity contribution in [1.82, 2.24) is 10.2 Å². The first-order valence-corrected chi connectivity index (χ1v) is 4.67. The fourth-order valence-electron chi connectivity index (χ4n) is 1.29. The Balaban J connectivity index is 2.29. The molecule has 16 heavy (non-hydrogen) atoms. The second-order valence-corrected chi connectivity index (χ2v) is 3.18. The van der Waals surface area contributed by atoms with Crippen LogP contribution < -0.4 is 15.4 Å². The van der Waals surface area contributed by atoms with Crippen molar-refractivity contribution in [2.75, 3.05) is 24.8 Å². The molecule has 0 atom stereocenters. The molecular formula is C10H12N4O2. The van der Waals surface area contributed by atoms with Gasteiger partial charge in [-0.15, -0.1) is 0 Å². The fraction of sp³-hybridized carbons (Fsp3) is 0.200. The maximum Gasteiger partial charge on any atom is 0.323 e. The first kappa shape index (κ1) is 10.3. The molecule has 0 aliphatic heterocycles. The van der Waals surface area contributed by atoms with Gasteiger partial charge in [-0.05, 0) is 12.1 Å². The number of ether oxygens (including phenoxy) is 1. The molecule has 6 heteroatoms. The minimum atomic E-state index is 0.0461. The fourth-order valence-corrected chi connectivity index (χ4v) is 1.29. The SMILES string of the molecule is COc1cccc(N(C)c2nnc(N)o2)c1. The summed E-state index contributed by atoms with van der Waals surface area (Å²) in [4.78, 5) is 1.73. The van der Waals surface area contributed by atoms with Crippen molar-refractivity contribution in [3.63, 3.8) is 0 Å². The van der Waals surface area contributed by atoms with Crippen LogP contribution in [0.2, 0.25) is 0 Å². The Kier molecular flexibility index (Phi) is 2.63. The van der Waals surface area contributed by atoms with Crippen LogP contribution in [0.1, 0.15) is 0 Å². The van der Waals surface area contributed by atoms with Crippen LogP contribution in [0, 0.1) is 0 Å². The Morgan fingerprint density at radius 3 is 2.81 bits per heavy atom. The van der Waals surface area contributed by atoms with E-state index in [1.165, 1.54) is 0 Å². The summed E-state index contributed by atoms with van der Waals surface area (Å²) in [7, 11) is 3.42. The maximum atomic E-state index is 5.36. The van der Waals surface area contributed by atoms with E-state index in [9.17, 15) is 0 Å². The number of nitrogens with two attached hydrogens (primary N) is 1. The van der Waals surface area contributed by atoms with Gasteiger partial charge in [0.25, 0.3) is 0 Å². The molecule has 0 aliphatic carbocycles. The first-order valence-electron chi connectivity index (χ1n) is 4.67. The molecular weight excluding hydrogens is 208 g/mol. The average Bonchev–Trinajstić information content (AvgIpc) is 2.75. The molecule has 6 nitrogen and oxygen atoms in total. The molecule has 0 amide bonds. The van der Waals surface area contributed by atoms with Gasteiger partial charge in [0.15, 0.2) is 0 Å². The van der Waals surface area contributed by atoms with Crippen molar-refractivity contribution in [2.45, 2.75) is 0 Å². The van der Waals surface area contributed by atoms with Gasteiger partial charge in [0, 0.05) is 18.8 Å². The Bertz CT molecular complexity index is 483. The number of methoxy groups -OCH3 is 1. The lowest BCUT2D eigenvalue weighted by Crippen LogP contribution is -2.09. The highest BCUT2D eigenvalue weighted by atomic mass is 16.5. The largest absolute Gasteiger partial charge is 0.497 e. The molecule has 2 N–H and O–H groups in total. The van der Waals surface area contributed by atoms with Crippen molar-refractivity contribution in [3.8, 4) is 5.75 Å². The molecule has 0 spiro atoms. The summed E-state index contributed by atoms with van der Waals surface area (Å²) >= 11 is 0. The molecule has 0 fully saturated rings. The number of nitrogens with zero attached hydrogens (tertiary/aromatic N) is 3. The summed E-state index contributed by atoms with van der Waals surface area (Å²) in [6, 6.07) is 7.89. The van der Waals surface area contributed by atoms with E-state index >= 15 is 0 Å². The van der Waals surface area contributed by atoms with Crippen LogP contribution in [0.15, 0.2) is 28.7 Å². The number of hydrogen-bond donors (Lipinski definition) is 1. The van der Waals surface area contributed by atoms with Crippen LogP contribution in [0.5, 0.6) is 5.75 Å². The normalized spacial score (nSPS) is 10.1. The zero-order valence-electron chi connectivity index (χ0n) is 9.04. The molecule has 0 unspecified atom stereocenters. The molecule has 0 saturated carbocycles. The standard InChI is InChI=1S/C10H12N4O2/c1-14(10-13-12-9(11)16-10)7-4-3-5-8(6-7)15-2/h3-6H,1-2H3,(H2,11,12). The van der Waals surface area contributed by atoms with E-state index in [-0.39, 0.29) is 6.01 Å². The molecule has 84 valence electrons. The van der Waals surface area contributed by atoms with Crippen LogP contribution in [0.25, 0.3) is 0 Å². The van der Waals surface area contributed by atoms with Gasteiger partial charge in [-0.3, -0.25) is 4.90 Å². The third kappa shape index (κ3) is 1.90. The number of rotatable bonds is 3.